The Morgan fingerprint density at radius 1 is 1.80 bits per heavy atom. The Morgan fingerprint density at radius 3 is 2.90 bits per heavy atom. The molecular weight excluding hydrogens is 122 g/mol. The quantitative estimate of drug-likeness (QED) is 0.577. The van der Waals surface area contributed by atoms with Gasteiger partial charge in [-0.1, -0.05) is 13.0 Å². The van der Waals surface area contributed by atoms with Crippen molar-refractivity contribution in [2.24, 2.45) is 5.41 Å². The maximum atomic E-state index is 3.77. The SMILES string of the molecule is C=CC[C@@]1(C)CN[C@H](C)C1. The van der Waals surface area contributed by atoms with Gasteiger partial charge in [0, 0.05) is 12.6 Å². The normalized spacial score (nSPS) is 40.0. The third kappa shape index (κ3) is 1.60. The van der Waals surface area contributed by atoms with Crippen LogP contribution in [0, 0.1) is 5.41 Å². The third-order valence-corrected chi connectivity index (χ3v) is 2.31. The van der Waals surface area contributed by atoms with Crippen LogP contribution in [0.1, 0.15) is 26.7 Å². The monoisotopic (exact) mass is 139 g/mol. The predicted molar refractivity (Wildman–Crippen MR) is 45.0 cm³/mol. The van der Waals surface area contributed by atoms with Crippen molar-refractivity contribution in [1.82, 2.24) is 5.32 Å². The zero-order valence-corrected chi connectivity index (χ0v) is 6.98. The van der Waals surface area contributed by atoms with Crippen LogP contribution in [0.5, 0.6) is 0 Å². The van der Waals surface area contributed by atoms with Gasteiger partial charge in [0.05, 0.1) is 0 Å². The Kier molecular flexibility index (Phi) is 2.14. The van der Waals surface area contributed by atoms with Crippen LogP contribution in [0.25, 0.3) is 0 Å². The molecule has 0 bridgehead atoms. The fourth-order valence-corrected chi connectivity index (χ4v) is 1.81. The van der Waals surface area contributed by atoms with Gasteiger partial charge in [-0.2, -0.15) is 0 Å². The van der Waals surface area contributed by atoms with Crippen molar-refractivity contribution in [2.45, 2.75) is 32.7 Å². The number of nitrogens with one attached hydrogen (secondary N) is 1. The van der Waals surface area contributed by atoms with Gasteiger partial charge in [-0.05, 0) is 25.2 Å². The first-order valence-corrected chi connectivity index (χ1v) is 4.00. The molecule has 1 aliphatic rings. The first-order chi connectivity index (χ1) is 4.66. The van der Waals surface area contributed by atoms with Gasteiger partial charge in [0.15, 0.2) is 0 Å². The maximum Gasteiger partial charge on any atom is 0.00447 e. The molecule has 2 atom stereocenters. The average molecular weight is 139 g/mol. The van der Waals surface area contributed by atoms with Crippen molar-refractivity contribution in [1.29, 1.82) is 0 Å². The van der Waals surface area contributed by atoms with Crippen LogP contribution in [-0.2, 0) is 0 Å². The first kappa shape index (κ1) is 7.80. The molecule has 0 radical (unpaired) electrons. The van der Waals surface area contributed by atoms with E-state index >= 15 is 0 Å². The standard InChI is InChI=1S/C9H17N/c1-4-5-9(3)6-8(2)10-7-9/h4,8,10H,1,5-7H2,2-3H3/t8-,9-/m1/s1. The largest absolute Gasteiger partial charge is 0.314 e. The highest BCUT2D eigenvalue weighted by Gasteiger charge is 2.30. The van der Waals surface area contributed by atoms with E-state index in [1.165, 1.54) is 6.42 Å². The summed E-state index contributed by atoms with van der Waals surface area (Å²) < 4.78 is 0. The number of hydrogen-bond acceptors (Lipinski definition) is 1. The van der Waals surface area contributed by atoms with E-state index in [4.69, 9.17) is 0 Å². The van der Waals surface area contributed by atoms with Gasteiger partial charge in [-0.25, -0.2) is 0 Å². The van der Waals surface area contributed by atoms with Gasteiger partial charge < -0.3 is 5.32 Å². The van der Waals surface area contributed by atoms with Gasteiger partial charge in [0.2, 0.25) is 0 Å². The number of allylic oxidation sites excluding steroid dienone is 1. The van der Waals surface area contributed by atoms with Crippen LogP contribution < -0.4 is 5.32 Å². The molecule has 1 heterocycles. The molecule has 1 heteroatoms. The molecule has 58 valence electrons. The number of rotatable bonds is 2. The third-order valence-electron chi connectivity index (χ3n) is 2.31. The van der Waals surface area contributed by atoms with Crippen LogP contribution >= 0.6 is 0 Å². The molecule has 0 aromatic carbocycles. The van der Waals surface area contributed by atoms with Gasteiger partial charge in [-0.15, -0.1) is 6.58 Å². The van der Waals surface area contributed by atoms with E-state index in [9.17, 15) is 0 Å². The molecule has 1 rings (SSSR count). The van der Waals surface area contributed by atoms with E-state index in [0.29, 0.717) is 11.5 Å². The summed E-state index contributed by atoms with van der Waals surface area (Å²) in [5.41, 5.74) is 0.487. The smallest absolute Gasteiger partial charge is 0.00447 e. The van der Waals surface area contributed by atoms with Gasteiger partial charge in [-0.3, -0.25) is 0 Å². The van der Waals surface area contributed by atoms with Crippen LogP contribution in [0.3, 0.4) is 0 Å². The van der Waals surface area contributed by atoms with Crippen molar-refractivity contribution in [3.05, 3.63) is 12.7 Å². The highest BCUT2D eigenvalue weighted by Crippen LogP contribution is 2.31. The highest BCUT2D eigenvalue weighted by atomic mass is 15.0. The van der Waals surface area contributed by atoms with Gasteiger partial charge in [0.1, 0.15) is 0 Å². The molecule has 1 fully saturated rings. The van der Waals surface area contributed by atoms with Crippen molar-refractivity contribution < 1.29 is 0 Å². The van der Waals surface area contributed by atoms with Crippen molar-refractivity contribution in [3.63, 3.8) is 0 Å². The lowest BCUT2D eigenvalue weighted by Crippen LogP contribution is -2.20. The molecular formula is C9H17N. The van der Waals surface area contributed by atoms with E-state index in [1.54, 1.807) is 0 Å². The minimum Gasteiger partial charge on any atom is -0.314 e. The molecule has 0 aromatic heterocycles. The van der Waals surface area contributed by atoms with E-state index in [0.717, 1.165) is 13.0 Å². The summed E-state index contributed by atoms with van der Waals surface area (Å²) in [6.45, 7) is 9.49. The Labute approximate surface area is 63.5 Å². The Hall–Kier alpha value is -0.300. The lowest BCUT2D eigenvalue weighted by molar-refractivity contribution is 0.364. The van der Waals surface area contributed by atoms with Crippen molar-refractivity contribution in [3.8, 4) is 0 Å². The summed E-state index contributed by atoms with van der Waals surface area (Å²) >= 11 is 0. The van der Waals surface area contributed by atoms with Crippen molar-refractivity contribution >= 4 is 0 Å². The summed E-state index contributed by atoms with van der Waals surface area (Å²) in [7, 11) is 0. The molecule has 0 aliphatic carbocycles. The summed E-state index contributed by atoms with van der Waals surface area (Å²) in [5, 5.41) is 3.45. The summed E-state index contributed by atoms with van der Waals surface area (Å²) in [5.74, 6) is 0. The second-order valence-electron chi connectivity index (χ2n) is 3.79. The molecule has 0 saturated carbocycles. The average Bonchev–Trinajstić information content (AvgIpc) is 2.12. The molecule has 1 aliphatic heterocycles. The van der Waals surface area contributed by atoms with E-state index in [1.807, 2.05) is 6.08 Å². The number of hydrogen-bond donors (Lipinski definition) is 1. The zero-order valence-electron chi connectivity index (χ0n) is 6.98. The fourth-order valence-electron chi connectivity index (χ4n) is 1.81. The molecule has 1 saturated heterocycles. The second-order valence-corrected chi connectivity index (χ2v) is 3.79. The Bertz CT molecular complexity index is 131. The maximum absolute atomic E-state index is 3.77. The molecule has 1 N–H and O–H groups in total. The lowest BCUT2D eigenvalue weighted by atomic mass is 9.85. The summed E-state index contributed by atoms with van der Waals surface area (Å²) in [6, 6.07) is 0.699. The molecule has 1 nitrogen and oxygen atoms in total. The minimum absolute atomic E-state index is 0.487. The van der Waals surface area contributed by atoms with Crippen LogP contribution in [0.2, 0.25) is 0 Å². The summed E-state index contributed by atoms with van der Waals surface area (Å²) in [6.07, 6.45) is 4.46. The lowest BCUT2D eigenvalue weighted by Gasteiger charge is -2.19. The Balaban J connectivity index is 2.45. The highest BCUT2D eigenvalue weighted by molar-refractivity contribution is 4.92. The van der Waals surface area contributed by atoms with E-state index < -0.39 is 0 Å². The van der Waals surface area contributed by atoms with E-state index in [2.05, 4.69) is 25.7 Å². The molecule has 0 unspecified atom stereocenters. The van der Waals surface area contributed by atoms with Crippen molar-refractivity contribution in [2.75, 3.05) is 6.54 Å². The second kappa shape index (κ2) is 2.75. The van der Waals surface area contributed by atoms with Crippen LogP contribution in [-0.4, -0.2) is 12.6 Å². The van der Waals surface area contributed by atoms with Crippen LogP contribution in [0.4, 0.5) is 0 Å². The topological polar surface area (TPSA) is 12.0 Å². The molecule has 0 amide bonds. The summed E-state index contributed by atoms with van der Waals surface area (Å²) in [4.78, 5) is 0. The van der Waals surface area contributed by atoms with Crippen LogP contribution in [0.15, 0.2) is 12.7 Å². The molecule has 10 heavy (non-hydrogen) atoms. The molecule has 0 spiro atoms. The first-order valence-electron chi connectivity index (χ1n) is 4.00. The zero-order chi connectivity index (χ0) is 7.61. The molecule has 0 aromatic rings. The minimum atomic E-state index is 0.487. The Morgan fingerprint density at radius 2 is 2.50 bits per heavy atom. The fraction of sp³-hybridized carbons (Fsp3) is 0.778. The predicted octanol–water partition coefficient (Wildman–Crippen LogP) is 1.95. The van der Waals surface area contributed by atoms with E-state index in [-0.39, 0.29) is 0 Å². The van der Waals surface area contributed by atoms with Gasteiger partial charge in [0.25, 0.3) is 0 Å². The van der Waals surface area contributed by atoms with Gasteiger partial charge >= 0.3 is 0 Å².